The zero-order valence-electron chi connectivity index (χ0n) is 24.6. The van der Waals surface area contributed by atoms with Gasteiger partial charge in [-0.05, 0) is 62.9 Å². The lowest BCUT2D eigenvalue weighted by molar-refractivity contribution is -0.139. The molecule has 2 N–H and O–H groups in total. The van der Waals surface area contributed by atoms with Gasteiger partial charge in [0.2, 0.25) is 15.9 Å². The maximum Gasteiger partial charge on any atom is 0.320 e. The van der Waals surface area contributed by atoms with Crippen LogP contribution in [0.15, 0.2) is 29.2 Å². The number of nitrogens with two attached hydrogens (primary N) is 1. The van der Waals surface area contributed by atoms with E-state index in [0.717, 1.165) is 38.8 Å². The predicted octanol–water partition coefficient (Wildman–Crippen LogP) is 2.41. The molecular weight excluding hydrogens is 560 g/mol. The number of hydrogen-bond acceptors (Lipinski definition) is 10. The summed E-state index contributed by atoms with van der Waals surface area (Å²) in [6, 6.07) is 6.62. The number of carbonyl (C=O) groups is 2. The topological polar surface area (TPSA) is 148 Å². The van der Waals surface area contributed by atoms with Crippen molar-refractivity contribution >= 4 is 33.5 Å². The van der Waals surface area contributed by atoms with E-state index in [9.17, 15) is 18.0 Å². The first-order valence-electron chi connectivity index (χ1n) is 14.7. The fourth-order valence-corrected chi connectivity index (χ4v) is 6.74. The number of hydrogen-bond donors (Lipinski definition) is 1. The summed E-state index contributed by atoms with van der Waals surface area (Å²) < 4.78 is 39.4. The predicted molar refractivity (Wildman–Crippen MR) is 159 cm³/mol. The van der Waals surface area contributed by atoms with Crippen molar-refractivity contribution in [3.8, 4) is 6.01 Å². The molecule has 1 aromatic heterocycles. The number of aromatic nitrogens is 2. The molecule has 0 bridgehead atoms. The number of unbranched alkanes of at least 4 members (excludes halogenated alkanes) is 2. The number of amides is 1. The summed E-state index contributed by atoms with van der Waals surface area (Å²) in [4.78, 5) is 37.3. The van der Waals surface area contributed by atoms with Crippen molar-refractivity contribution in [3.05, 3.63) is 35.4 Å². The van der Waals surface area contributed by atoms with Crippen molar-refractivity contribution in [1.29, 1.82) is 0 Å². The Labute approximate surface area is 248 Å². The number of esters is 1. The molecule has 12 nitrogen and oxygen atoms in total. The highest BCUT2D eigenvalue weighted by molar-refractivity contribution is 7.89. The summed E-state index contributed by atoms with van der Waals surface area (Å²) in [6.45, 7) is 6.14. The van der Waals surface area contributed by atoms with Gasteiger partial charge in [-0.25, -0.2) is 8.42 Å². The molecule has 0 atom stereocenters. The van der Waals surface area contributed by atoms with Gasteiger partial charge in [0.05, 0.1) is 31.5 Å². The molecule has 1 amide bonds. The minimum atomic E-state index is -3.82. The molecule has 1 aromatic carbocycles. The maximum atomic E-state index is 13.8. The van der Waals surface area contributed by atoms with E-state index in [2.05, 4.69) is 21.8 Å². The molecule has 0 spiro atoms. The molecule has 1 fully saturated rings. The summed E-state index contributed by atoms with van der Waals surface area (Å²) in [5.41, 5.74) is 7.29. The van der Waals surface area contributed by atoms with E-state index >= 15 is 0 Å². The number of methoxy groups -OCH3 is 1. The van der Waals surface area contributed by atoms with Gasteiger partial charge in [0.25, 0.3) is 0 Å². The maximum absolute atomic E-state index is 13.8. The average Bonchev–Trinajstić information content (AvgIpc) is 3.60. The van der Waals surface area contributed by atoms with Gasteiger partial charge in [0.1, 0.15) is 11.6 Å². The fourth-order valence-electron chi connectivity index (χ4n) is 5.20. The van der Waals surface area contributed by atoms with E-state index in [-0.39, 0.29) is 35.5 Å². The molecule has 0 unspecified atom stereocenters. The number of likely N-dealkylation sites (tertiary alicyclic amines) is 1. The lowest BCUT2D eigenvalue weighted by Gasteiger charge is -2.25. The molecule has 0 aliphatic carbocycles. The van der Waals surface area contributed by atoms with Gasteiger partial charge in [-0.2, -0.15) is 14.3 Å². The molecule has 2 aliphatic rings. The summed E-state index contributed by atoms with van der Waals surface area (Å²) >= 11 is 0. The van der Waals surface area contributed by atoms with Gasteiger partial charge in [-0.1, -0.05) is 25.5 Å². The van der Waals surface area contributed by atoms with Crippen LogP contribution in [0.2, 0.25) is 0 Å². The number of rotatable bonds is 16. The highest BCUT2D eigenvalue weighted by atomic mass is 32.2. The van der Waals surface area contributed by atoms with Crippen LogP contribution in [0.5, 0.6) is 6.01 Å². The van der Waals surface area contributed by atoms with E-state index in [1.165, 1.54) is 11.4 Å². The second kappa shape index (κ2) is 14.7. The largest absolute Gasteiger partial charge is 0.469 e. The molecule has 2 aliphatic heterocycles. The Morgan fingerprint density at radius 3 is 2.62 bits per heavy atom. The fraction of sp³-hybridized carbons (Fsp3) is 0.586. The number of fused-ring (bicyclic) bond motifs is 1. The van der Waals surface area contributed by atoms with Crippen LogP contribution in [-0.2, 0) is 37.2 Å². The molecule has 13 heteroatoms. The Hall–Kier alpha value is -3.29. The van der Waals surface area contributed by atoms with Crippen molar-refractivity contribution in [2.24, 2.45) is 0 Å². The lowest BCUT2D eigenvalue weighted by atomic mass is 10.1. The van der Waals surface area contributed by atoms with Crippen LogP contribution in [0.1, 0.15) is 56.6 Å². The van der Waals surface area contributed by atoms with Gasteiger partial charge >= 0.3 is 12.0 Å². The van der Waals surface area contributed by atoms with Crippen LogP contribution in [-0.4, -0.2) is 92.5 Å². The summed E-state index contributed by atoms with van der Waals surface area (Å²) in [5, 5.41) is 0. The van der Waals surface area contributed by atoms with Crippen LogP contribution in [0, 0.1) is 0 Å². The van der Waals surface area contributed by atoms with Gasteiger partial charge in [0, 0.05) is 31.7 Å². The standard InChI is InChI=1S/C29H42N6O6S/c1-3-4-18-41-29-31-27(30)24-21-25(36)35(28(24)32-29)15-8-7-14-34(17-16-33-12-5-6-13-33)42(38,39)23-11-9-10-22(19-23)20-26(37)40-2/h9-11,19H,3-8,12-18,20-21H2,1-2H3,(H2,30,31,32). The SMILES string of the molecule is CCCCOc1nc(N)c2c(n1)N(CCCCN(CCN1CCCC1)S(=O)(=O)c1cccc(CC(=O)OC)c1)C(=O)C2. The molecule has 230 valence electrons. The van der Waals surface area contributed by atoms with E-state index in [0.29, 0.717) is 62.6 Å². The molecule has 3 heterocycles. The van der Waals surface area contributed by atoms with Gasteiger partial charge in [0.15, 0.2) is 0 Å². The molecule has 1 saturated heterocycles. The average molecular weight is 603 g/mol. The van der Waals surface area contributed by atoms with E-state index < -0.39 is 16.0 Å². The number of carbonyl (C=O) groups excluding carboxylic acids is 2. The van der Waals surface area contributed by atoms with Gasteiger partial charge in [-0.3, -0.25) is 14.5 Å². The van der Waals surface area contributed by atoms with Crippen molar-refractivity contribution in [2.45, 2.75) is 63.2 Å². The van der Waals surface area contributed by atoms with Crippen molar-refractivity contribution in [3.63, 3.8) is 0 Å². The van der Waals surface area contributed by atoms with Crippen molar-refractivity contribution in [2.75, 3.05) is 63.6 Å². The second-order valence-corrected chi connectivity index (χ2v) is 12.6. The smallest absolute Gasteiger partial charge is 0.320 e. The Morgan fingerprint density at radius 2 is 1.88 bits per heavy atom. The molecule has 4 rings (SSSR count). The monoisotopic (exact) mass is 602 g/mol. The number of nitrogen functional groups attached to an aromatic ring is 1. The number of anilines is 2. The molecule has 2 aromatic rings. The normalized spacial score (nSPS) is 15.4. The highest BCUT2D eigenvalue weighted by Crippen LogP contribution is 2.32. The first kappa shape index (κ1) is 31.6. The minimum Gasteiger partial charge on any atom is -0.469 e. The third kappa shape index (κ3) is 7.96. The second-order valence-electron chi connectivity index (χ2n) is 10.7. The van der Waals surface area contributed by atoms with Crippen LogP contribution < -0.4 is 15.4 Å². The third-order valence-corrected chi connectivity index (χ3v) is 9.52. The Morgan fingerprint density at radius 1 is 1.10 bits per heavy atom. The number of nitrogens with zero attached hydrogens (tertiary/aromatic N) is 5. The number of benzene rings is 1. The first-order valence-corrected chi connectivity index (χ1v) is 16.1. The van der Waals surface area contributed by atoms with Crippen LogP contribution >= 0.6 is 0 Å². The summed E-state index contributed by atoms with van der Waals surface area (Å²) in [7, 11) is -2.51. The van der Waals surface area contributed by atoms with Gasteiger partial charge in [-0.15, -0.1) is 0 Å². The van der Waals surface area contributed by atoms with Crippen LogP contribution in [0.25, 0.3) is 0 Å². The van der Waals surface area contributed by atoms with E-state index in [1.54, 1.807) is 29.2 Å². The van der Waals surface area contributed by atoms with Crippen LogP contribution in [0.4, 0.5) is 11.6 Å². The highest BCUT2D eigenvalue weighted by Gasteiger charge is 2.32. The van der Waals surface area contributed by atoms with Crippen molar-refractivity contribution in [1.82, 2.24) is 19.2 Å². The lowest BCUT2D eigenvalue weighted by Crippen LogP contribution is -2.39. The minimum absolute atomic E-state index is 0.00158. The Kier molecular flexibility index (Phi) is 11.1. The van der Waals surface area contributed by atoms with E-state index in [4.69, 9.17) is 15.2 Å². The van der Waals surface area contributed by atoms with E-state index in [1.807, 2.05) is 0 Å². The summed E-state index contributed by atoms with van der Waals surface area (Å²) in [6.07, 6.45) is 5.30. The Bertz CT molecular complexity index is 1350. The number of sulfonamides is 1. The van der Waals surface area contributed by atoms with Crippen LogP contribution in [0.3, 0.4) is 0 Å². The molecular formula is C29H42N6O6S. The first-order chi connectivity index (χ1) is 20.2. The number of ether oxygens (including phenoxy) is 2. The third-order valence-electron chi connectivity index (χ3n) is 7.63. The van der Waals surface area contributed by atoms with Crippen molar-refractivity contribution < 1.29 is 27.5 Å². The zero-order chi connectivity index (χ0) is 30.1. The Balaban J connectivity index is 1.43. The zero-order valence-corrected chi connectivity index (χ0v) is 25.4. The molecule has 0 saturated carbocycles. The molecule has 42 heavy (non-hydrogen) atoms. The summed E-state index contributed by atoms with van der Waals surface area (Å²) in [5.74, 6) is 0.175. The van der Waals surface area contributed by atoms with Gasteiger partial charge < -0.3 is 20.1 Å². The molecule has 0 radical (unpaired) electrons. The quantitative estimate of drug-likeness (QED) is 0.224.